The molecule has 0 aliphatic carbocycles. The summed E-state index contributed by atoms with van der Waals surface area (Å²) in [7, 11) is 0. The Bertz CT molecular complexity index is 1640. The lowest BCUT2D eigenvalue weighted by Gasteiger charge is -2.18. The Morgan fingerprint density at radius 1 is 0.912 bits per heavy atom. The molecule has 0 amide bonds. The lowest BCUT2D eigenvalue weighted by Crippen LogP contribution is -2.15. The van der Waals surface area contributed by atoms with E-state index >= 15 is 0 Å². The second kappa shape index (κ2) is 8.09. The highest BCUT2D eigenvalue weighted by Crippen LogP contribution is 2.33. The number of aryl methyl sites for hydroxylation is 1. The van der Waals surface area contributed by atoms with E-state index in [-0.39, 0.29) is 0 Å². The number of aromatic nitrogens is 2. The van der Waals surface area contributed by atoms with E-state index < -0.39 is 0 Å². The molecule has 0 fully saturated rings. The van der Waals surface area contributed by atoms with Crippen LogP contribution in [0.4, 0.5) is 0 Å². The van der Waals surface area contributed by atoms with Gasteiger partial charge in [0.1, 0.15) is 24.8 Å². The second-order valence-corrected chi connectivity index (χ2v) is 8.34. The number of benzene rings is 3. The van der Waals surface area contributed by atoms with E-state index in [2.05, 4.69) is 47.7 Å². The smallest absolute Gasteiger partial charge is 0.161 e. The van der Waals surface area contributed by atoms with Crippen LogP contribution >= 0.6 is 0 Å². The molecule has 2 aromatic heterocycles. The van der Waals surface area contributed by atoms with Gasteiger partial charge in [-0.3, -0.25) is 4.40 Å². The molecular weight excluding hydrogens is 422 g/mol. The van der Waals surface area contributed by atoms with Gasteiger partial charge in [0.2, 0.25) is 0 Å². The molecule has 0 N–H and O–H groups in total. The Balaban J connectivity index is 1.57. The standard InChI is InChI=1S/C29H21N3O2/c1-19-5-4-6-22(15-19)26-17-21(11-9-20-10-12-27-28(16-20)34-14-13-33-27)23(18-30)29-31-24-7-2-3-8-25(24)32(26)29/h2-12,15-17H,13-14H2,1H3/b11-9+. The maximum Gasteiger partial charge on any atom is 0.161 e. The highest BCUT2D eigenvalue weighted by molar-refractivity contribution is 5.89. The number of hydrogen-bond acceptors (Lipinski definition) is 4. The zero-order chi connectivity index (χ0) is 23.1. The molecule has 3 heterocycles. The molecule has 1 aliphatic heterocycles. The van der Waals surface area contributed by atoms with Crippen LogP contribution in [0, 0.1) is 18.3 Å². The molecule has 5 nitrogen and oxygen atoms in total. The van der Waals surface area contributed by atoms with Crippen molar-refractivity contribution in [2.45, 2.75) is 6.92 Å². The Morgan fingerprint density at radius 2 is 1.76 bits per heavy atom. The van der Waals surface area contributed by atoms with Crippen LogP contribution in [0.1, 0.15) is 22.3 Å². The predicted octanol–water partition coefficient (Wildman–Crippen LogP) is 6.28. The number of imidazole rings is 1. The first kappa shape index (κ1) is 20.1. The van der Waals surface area contributed by atoms with Gasteiger partial charge in [-0.05, 0) is 60.0 Å². The van der Waals surface area contributed by atoms with Crippen molar-refractivity contribution in [2.75, 3.05) is 13.2 Å². The molecular formula is C29H21N3O2. The molecule has 0 unspecified atom stereocenters. The number of rotatable bonds is 3. The summed E-state index contributed by atoms with van der Waals surface area (Å²) in [6.07, 6.45) is 3.97. The average molecular weight is 444 g/mol. The number of nitriles is 1. The molecule has 0 saturated carbocycles. The lowest BCUT2D eigenvalue weighted by atomic mass is 10.0. The zero-order valence-electron chi connectivity index (χ0n) is 18.7. The minimum atomic E-state index is 0.543. The van der Waals surface area contributed by atoms with E-state index in [9.17, 15) is 5.26 Å². The normalized spacial score (nSPS) is 12.9. The van der Waals surface area contributed by atoms with Crippen molar-refractivity contribution >= 4 is 28.8 Å². The summed E-state index contributed by atoms with van der Waals surface area (Å²) >= 11 is 0. The molecule has 5 aromatic rings. The largest absolute Gasteiger partial charge is 0.486 e. The third-order valence-corrected chi connectivity index (χ3v) is 6.05. The number of pyridine rings is 1. The Hall–Kier alpha value is -4.56. The van der Waals surface area contributed by atoms with Gasteiger partial charge in [-0.1, -0.05) is 54.1 Å². The minimum Gasteiger partial charge on any atom is -0.486 e. The van der Waals surface area contributed by atoms with E-state index in [4.69, 9.17) is 14.5 Å². The van der Waals surface area contributed by atoms with Crippen LogP contribution in [0.5, 0.6) is 11.5 Å². The van der Waals surface area contributed by atoms with E-state index in [1.54, 1.807) is 0 Å². The van der Waals surface area contributed by atoms with Crippen LogP contribution in [0.3, 0.4) is 0 Å². The van der Waals surface area contributed by atoms with Crippen molar-refractivity contribution < 1.29 is 9.47 Å². The fraction of sp³-hybridized carbons (Fsp3) is 0.103. The average Bonchev–Trinajstić information content (AvgIpc) is 3.26. The van der Waals surface area contributed by atoms with Gasteiger partial charge in [-0.15, -0.1) is 0 Å². The fourth-order valence-corrected chi connectivity index (χ4v) is 4.46. The summed E-state index contributed by atoms with van der Waals surface area (Å²) in [5.41, 5.74) is 8.07. The van der Waals surface area contributed by atoms with Crippen LogP contribution < -0.4 is 9.47 Å². The summed E-state index contributed by atoms with van der Waals surface area (Å²) in [6.45, 7) is 3.19. The van der Waals surface area contributed by atoms with Gasteiger partial charge in [0.05, 0.1) is 16.7 Å². The number of para-hydroxylation sites is 2. The summed E-state index contributed by atoms with van der Waals surface area (Å²) in [5, 5.41) is 10.1. The highest BCUT2D eigenvalue weighted by atomic mass is 16.6. The van der Waals surface area contributed by atoms with Crippen LogP contribution in [0.2, 0.25) is 0 Å². The first-order valence-corrected chi connectivity index (χ1v) is 11.2. The molecule has 3 aromatic carbocycles. The molecule has 34 heavy (non-hydrogen) atoms. The van der Waals surface area contributed by atoms with Crippen molar-refractivity contribution in [3.05, 3.63) is 95.1 Å². The molecule has 6 rings (SSSR count). The van der Waals surface area contributed by atoms with Crippen LogP contribution in [0.25, 0.3) is 40.1 Å². The van der Waals surface area contributed by atoms with Crippen LogP contribution in [-0.4, -0.2) is 22.6 Å². The molecule has 0 atom stereocenters. The van der Waals surface area contributed by atoms with Crippen molar-refractivity contribution in [1.29, 1.82) is 5.26 Å². The van der Waals surface area contributed by atoms with Gasteiger partial charge >= 0.3 is 0 Å². The van der Waals surface area contributed by atoms with Gasteiger partial charge < -0.3 is 9.47 Å². The summed E-state index contributed by atoms with van der Waals surface area (Å²) < 4.78 is 13.4. The highest BCUT2D eigenvalue weighted by Gasteiger charge is 2.17. The number of fused-ring (bicyclic) bond motifs is 4. The fourth-order valence-electron chi connectivity index (χ4n) is 4.46. The van der Waals surface area contributed by atoms with E-state index in [0.29, 0.717) is 24.4 Å². The molecule has 0 spiro atoms. The first-order chi connectivity index (χ1) is 16.7. The van der Waals surface area contributed by atoms with Crippen molar-refractivity contribution in [1.82, 2.24) is 9.38 Å². The minimum absolute atomic E-state index is 0.543. The molecule has 0 radical (unpaired) electrons. The Kier molecular flexibility index (Phi) is 4.78. The number of nitrogens with zero attached hydrogens (tertiary/aromatic N) is 3. The van der Waals surface area contributed by atoms with Gasteiger partial charge in [0.15, 0.2) is 17.1 Å². The van der Waals surface area contributed by atoms with Crippen LogP contribution in [-0.2, 0) is 0 Å². The van der Waals surface area contributed by atoms with Gasteiger partial charge in [0.25, 0.3) is 0 Å². The molecule has 0 saturated heterocycles. The third-order valence-electron chi connectivity index (χ3n) is 6.05. The van der Waals surface area contributed by atoms with E-state index in [1.165, 1.54) is 5.56 Å². The lowest BCUT2D eigenvalue weighted by molar-refractivity contribution is 0.171. The van der Waals surface area contributed by atoms with Crippen molar-refractivity contribution in [3.8, 4) is 28.8 Å². The van der Waals surface area contributed by atoms with Crippen molar-refractivity contribution in [2.24, 2.45) is 0 Å². The van der Waals surface area contributed by atoms with Gasteiger partial charge in [-0.2, -0.15) is 5.26 Å². The quantitative estimate of drug-likeness (QED) is 0.329. The van der Waals surface area contributed by atoms with E-state index in [1.807, 2.05) is 54.6 Å². The molecule has 5 heteroatoms. The molecule has 164 valence electrons. The summed E-state index contributed by atoms with van der Waals surface area (Å²) in [4.78, 5) is 4.84. The topological polar surface area (TPSA) is 59.5 Å². The summed E-state index contributed by atoms with van der Waals surface area (Å²) in [6, 6.07) is 26.7. The Labute approximate surface area is 197 Å². The SMILES string of the molecule is Cc1cccc(-c2cc(/C=C/c3ccc4c(c3)OCCO4)c(C#N)c3nc4ccccc4n23)c1. The molecule has 1 aliphatic rings. The second-order valence-electron chi connectivity index (χ2n) is 8.34. The predicted molar refractivity (Wildman–Crippen MR) is 134 cm³/mol. The van der Waals surface area contributed by atoms with Gasteiger partial charge in [-0.25, -0.2) is 4.98 Å². The number of hydrogen-bond donors (Lipinski definition) is 0. The zero-order valence-corrected chi connectivity index (χ0v) is 18.7. The first-order valence-electron chi connectivity index (χ1n) is 11.2. The Morgan fingerprint density at radius 3 is 2.62 bits per heavy atom. The third kappa shape index (κ3) is 3.37. The monoisotopic (exact) mass is 443 g/mol. The summed E-state index contributed by atoms with van der Waals surface area (Å²) in [5.74, 6) is 1.50. The van der Waals surface area contributed by atoms with E-state index in [0.717, 1.165) is 44.9 Å². The van der Waals surface area contributed by atoms with Gasteiger partial charge in [0, 0.05) is 0 Å². The number of ether oxygens (including phenoxy) is 2. The van der Waals surface area contributed by atoms with Crippen molar-refractivity contribution in [3.63, 3.8) is 0 Å². The maximum absolute atomic E-state index is 10.1. The maximum atomic E-state index is 10.1. The van der Waals surface area contributed by atoms with Crippen LogP contribution in [0.15, 0.2) is 72.8 Å². The molecule has 0 bridgehead atoms.